The zero-order valence-electron chi connectivity index (χ0n) is 7.20. The summed E-state index contributed by atoms with van der Waals surface area (Å²) in [6, 6.07) is 8.24. The van der Waals surface area contributed by atoms with Crippen molar-refractivity contribution in [2.45, 2.75) is 5.33 Å². The molecule has 0 atom stereocenters. The molecule has 0 aliphatic rings. The van der Waals surface area contributed by atoms with Crippen molar-refractivity contribution >= 4 is 43.8 Å². The summed E-state index contributed by atoms with van der Waals surface area (Å²) in [7, 11) is 1.97. The van der Waals surface area contributed by atoms with Crippen molar-refractivity contribution in [3.05, 3.63) is 30.0 Å². The van der Waals surface area contributed by atoms with Gasteiger partial charge in [0.1, 0.15) is 0 Å². The first kappa shape index (κ1) is 10.7. The molecule has 2 rings (SSSR count). The number of rotatable bonds is 1. The Balaban J connectivity index is 0.000000845. The number of nitrogens with zero attached hydrogens (tertiary/aromatic N) is 2. The molecule has 0 amide bonds. The molecule has 2 nitrogen and oxygen atoms in total. The number of hydrogen-bond donors (Lipinski definition) is 0. The van der Waals surface area contributed by atoms with Crippen molar-refractivity contribution in [2.75, 3.05) is 0 Å². The van der Waals surface area contributed by atoms with Gasteiger partial charge in [-0.2, -0.15) is 5.10 Å². The van der Waals surface area contributed by atoms with Gasteiger partial charge in [-0.3, -0.25) is 4.68 Å². The van der Waals surface area contributed by atoms with Gasteiger partial charge in [-0.15, -0.1) is 17.0 Å². The fourth-order valence-electron chi connectivity index (χ4n) is 1.39. The minimum Gasteiger partial charge on any atom is -0.268 e. The van der Waals surface area contributed by atoms with E-state index >= 15 is 0 Å². The van der Waals surface area contributed by atoms with Crippen LogP contribution in [0.15, 0.2) is 24.3 Å². The second-order valence-electron chi connectivity index (χ2n) is 2.72. The standard InChI is InChI=1S/C9H9BrN2.BrH/c1-12-9-5-3-2-4-7(9)8(6-10)11-12;/h2-5H,6H2,1H3;1H. The third-order valence-corrected chi connectivity index (χ3v) is 2.49. The zero-order chi connectivity index (χ0) is 8.55. The van der Waals surface area contributed by atoms with Crippen molar-refractivity contribution in [3.63, 3.8) is 0 Å². The summed E-state index contributed by atoms with van der Waals surface area (Å²) < 4.78 is 1.91. The van der Waals surface area contributed by atoms with E-state index in [2.05, 4.69) is 33.2 Å². The van der Waals surface area contributed by atoms with Gasteiger partial charge < -0.3 is 0 Å². The molecular formula is C9H10Br2N2. The molecule has 70 valence electrons. The van der Waals surface area contributed by atoms with Crippen LogP contribution in [0.2, 0.25) is 0 Å². The van der Waals surface area contributed by atoms with Crippen molar-refractivity contribution in [1.29, 1.82) is 0 Å². The number of aromatic nitrogens is 2. The van der Waals surface area contributed by atoms with Crippen LogP contribution in [-0.2, 0) is 12.4 Å². The van der Waals surface area contributed by atoms with Gasteiger partial charge in [0.25, 0.3) is 0 Å². The van der Waals surface area contributed by atoms with E-state index in [0.717, 1.165) is 11.0 Å². The monoisotopic (exact) mass is 304 g/mol. The fourth-order valence-corrected chi connectivity index (χ4v) is 1.80. The lowest BCUT2D eigenvalue weighted by molar-refractivity contribution is 0.782. The first-order chi connectivity index (χ1) is 5.83. The molecule has 0 saturated heterocycles. The number of halogens is 2. The van der Waals surface area contributed by atoms with Gasteiger partial charge in [0.2, 0.25) is 0 Å². The molecule has 0 spiro atoms. The lowest BCUT2D eigenvalue weighted by Crippen LogP contribution is -1.89. The largest absolute Gasteiger partial charge is 0.268 e. The molecule has 0 saturated carbocycles. The molecule has 2 aromatic rings. The third-order valence-electron chi connectivity index (χ3n) is 1.96. The van der Waals surface area contributed by atoms with Gasteiger partial charge in [0.15, 0.2) is 0 Å². The van der Waals surface area contributed by atoms with Crippen molar-refractivity contribution in [1.82, 2.24) is 9.78 Å². The van der Waals surface area contributed by atoms with Crippen LogP contribution in [0, 0.1) is 0 Å². The van der Waals surface area contributed by atoms with E-state index in [1.165, 1.54) is 10.9 Å². The molecule has 0 fully saturated rings. The summed E-state index contributed by atoms with van der Waals surface area (Å²) in [5, 5.41) is 6.43. The molecule has 0 N–H and O–H groups in total. The Morgan fingerprint density at radius 3 is 2.77 bits per heavy atom. The van der Waals surface area contributed by atoms with Crippen LogP contribution >= 0.6 is 32.9 Å². The lowest BCUT2D eigenvalue weighted by Gasteiger charge is -1.90. The minimum atomic E-state index is 0. The van der Waals surface area contributed by atoms with Crippen LogP contribution in [0.5, 0.6) is 0 Å². The van der Waals surface area contributed by atoms with Crippen LogP contribution in [0.4, 0.5) is 0 Å². The van der Waals surface area contributed by atoms with E-state index in [4.69, 9.17) is 0 Å². The van der Waals surface area contributed by atoms with Gasteiger partial charge in [-0.05, 0) is 6.07 Å². The summed E-state index contributed by atoms with van der Waals surface area (Å²) in [5.74, 6) is 0. The molecular weight excluding hydrogens is 296 g/mol. The Morgan fingerprint density at radius 1 is 1.38 bits per heavy atom. The van der Waals surface area contributed by atoms with Crippen LogP contribution in [0.25, 0.3) is 10.9 Å². The molecule has 1 aromatic carbocycles. The topological polar surface area (TPSA) is 17.8 Å². The van der Waals surface area contributed by atoms with Gasteiger partial charge >= 0.3 is 0 Å². The predicted octanol–water partition coefficient (Wildman–Crippen LogP) is 3.05. The molecule has 13 heavy (non-hydrogen) atoms. The molecule has 1 heterocycles. The van der Waals surface area contributed by atoms with E-state index in [-0.39, 0.29) is 17.0 Å². The van der Waals surface area contributed by atoms with Gasteiger partial charge in [0.05, 0.1) is 11.2 Å². The second kappa shape index (κ2) is 4.24. The summed E-state index contributed by atoms with van der Waals surface area (Å²) in [6.07, 6.45) is 0. The SMILES string of the molecule is Br.Cn1nc(CBr)c2ccccc21. The maximum Gasteiger partial charge on any atom is 0.0808 e. The first-order valence-electron chi connectivity index (χ1n) is 3.79. The Morgan fingerprint density at radius 2 is 2.08 bits per heavy atom. The highest BCUT2D eigenvalue weighted by Gasteiger charge is 2.04. The zero-order valence-corrected chi connectivity index (χ0v) is 10.5. The first-order valence-corrected chi connectivity index (χ1v) is 4.91. The summed E-state index contributed by atoms with van der Waals surface area (Å²) >= 11 is 3.42. The highest BCUT2D eigenvalue weighted by atomic mass is 79.9. The van der Waals surface area contributed by atoms with E-state index in [1.54, 1.807) is 0 Å². The fraction of sp³-hybridized carbons (Fsp3) is 0.222. The third kappa shape index (κ3) is 1.79. The predicted molar refractivity (Wildman–Crippen MR) is 63.7 cm³/mol. The average molecular weight is 306 g/mol. The molecule has 1 aromatic heterocycles. The van der Waals surface area contributed by atoms with Crippen LogP contribution in [-0.4, -0.2) is 9.78 Å². The Labute approximate surface area is 95.8 Å². The number of para-hydroxylation sites is 1. The van der Waals surface area contributed by atoms with Crippen molar-refractivity contribution in [2.24, 2.45) is 7.05 Å². The molecule has 0 radical (unpaired) electrons. The highest BCUT2D eigenvalue weighted by Crippen LogP contribution is 2.18. The minimum absolute atomic E-state index is 0. The second-order valence-corrected chi connectivity index (χ2v) is 3.28. The van der Waals surface area contributed by atoms with Crippen LogP contribution < -0.4 is 0 Å². The molecule has 0 aliphatic carbocycles. The van der Waals surface area contributed by atoms with Crippen LogP contribution in [0.3, 0.4) is 0 Å². The summed E-state index contributed by atoms with van der Waals surface area (Å²) in [6.45, 7) is 0. The number of aryl methyl sites for hydroxylation is 1. The molecule has 0 unspecified atom stereocenters. The van der Waals surface area contributed by atoms with Crippen LogP contribution in [0.1, 0.15) is 5.69 Å². The normalized spacial score (nSPS) is 10.0. The van der Waals surface area contributed by atoms with Gasteiger partial charge in [-0.25, -0.2) is 0 Å². The highest BCUT2D eigenvalue weighted by molar-refractivity contribution is 9.08. The average Bonchev–Trinajstić information content (AvgIpc) is 2.44. The van der Waals surface area contributed by atoms with Crippen molar-refractivity contribution < 1.29 is 0 Å². The summed E-state index contributed by atoms with van der Waals surface area (Å²) in [5.41, 5.74) is 2.29. The number of hydrogen-bond acceptors (Lipinski definition) is 1. The van der Waals surface area contributed by atoms with Crippen molar-refractivity contribution in [3.8, 4) is 0 Å². The van der Waals surface area contributed by atoms with E-state index in [1.807, 2.05) is 23.9 Å². The lowest BCUT2D eigenvalue weighted by atomic mass is 10.2. The quantitative estimate of drug-likeness (QED) is 0.741. The summed E-state index contributed by atoms with van der Waals surface area (Å²) in [4.78, 5) is 0. The number of fused-ring (bicyclic) bond motifs is 1. The molecule has 4 heteroatoms. The Bertz CT molecular complexity index is 409. The van der Waals surface area contributed by atoms with E-state index in [0.29, 0.717) is 0 Å². The Hall–Kier alpha value is -0.350. The van der Waals surface area contributed by atoms with E-state index < -0.39 is 0 Å². The molecule has 0 bridgehead atoms. The maximum atomic E-state index is 4.38. The maximum absolute atomic E-state index is 4.38. The smallest absolute Gasteiger partial charge is 0.0808 e. The van der Waals surface area contributed by atoms with E-state index in [9.17, 15) is 0 Å². The van der Waals surface area contributed by atoms with Gasteiger partial charge in [-0.1, -0.05) is 34.1 Å². The van der Waals surface area contributed by atoms with Gasteiger partial charge in [0, 0.05) is 17.8 Å². The molecule has 0 aliphatic heterocycles. The number of alkyl halides is 1. The number of benzene rings is 1. The Kier molecular flexibility index (Phi) is 3.50.